The summed E-state index contributed by atoms with van der Waals surface area (Å²) in [7, 11) is 0. The lowest BCUT2D eigenvalue weighted by molar-refractivity contribution is 0.620. The molecule has 1 rings (SSSR count). The molecule has 0 aliphatic heterocycles. The molecule has 0 aliphatic rings. The predicted molar refractivity (Wildman–Crippen MR) is 57.4 cm³/mol. The molecule has 0 bridgehead atoms. The van der Waals surface area contributed by atoms with Crippen LogP contribution in [-0.4, -0.2) is 5.54 Å². The Morgan fingerprint density at radius 2 is 2.14 bits per heavy atom. The molecule has 2 nitrogen and oxygen atoms in total. The van der Waals surface area contributed by atoms with Crippen molar-refractivity contribution in [3.63, 3.8) is 0 Å². The maximum atomic E-state index is 13.3. The Kier molecular flexibility index (Phi) is 3.12. The van der Waals surface area contributed by atoms with Crippen molar-refractivity contribution >= 4 is 21.6 Å². The highest BCUT2D eigenvalue weighted by molar-refractivity contribution is 9.10. The van der Waals surface area contributed by atoms with Crippen LogP contribution in [0.15, 0.2) is 22.7 Å². The Bertz CT molecular complexity index is 382. The number of anilines is 1. The molecule has 0 saturated carbocycles. The van der Waals surface area contributed by atoms with Crippen LogP contribution in [0, 0.1) is 17.1 Å². The molecule has 0 aromatic heterocycles. The van der Waals surface area contributed by atoms with E-state index in [1.165, 1.54) is 6.07 Å². The molecular weight excluding hydrogens is 247 g/mol. The molecule has 0 aliphatic carbocycles. The highest BCUT2D eigenvalue weighted by Crippen LogP contribution is 2.22. The van der Waals surface area contributed by atoms with Gasteiger partial charge in [-0.2, -0.15) is 5.26 Å². The van der Waals surface area contributed by atoms with E-state index in [0.29, 0.717) is 10.2 Å². The number of halogens is 2. The molecule has 14 heavy (non-hydrogen) atoms. The Morgan fingerprint density at radius 1 is 1.50 bits per heavy atom. The van der Waals surface area contributed by atoms with Gasteiger partial charge in [0.05, 0.1) is 11.8 Å². The van der Waals surface area contributed by atoms with E-state index in [0.717, 1.165) is 0 Å². The molecule has 0 amide bonds. The van der Waals surface area contributed by atoms with Crippen LogP contribution in [0.1, 0.15) is 13.8 Å². The van der Waals surface area contributed by atoms with Crippen molar-refractivity contribution in [3.05, 3.63) is 28.5 Å². The zero-order valence-electron chi connectivity index (χ0n) is 7.94. The average molecular weight is 257 g/mol. The Morgan fingerprint density at radius 3 is 2.64 bits per heavy atom. The lowest BCUT2D eigenvalue weighted by atomic mass is 10.1. The Labute approximate surface area is 90.9 Å². The van der Waals surface area contributed by atoms with Gasteiger partial charge in [-0.1, -0.05) is 15.9 Å². The van der Waals surface area contributed by atoms with Gasteiger partial charge in [-0.15, -0.1) is 0 Å². The van der Waals surface area contributed by atoms with Crippen LogP contribution in [0.25, 0.3) is 0 Å². The third-order valence-corrected chi connectivity index (χ3v) is 2.15. The first-order valence-electron chi connectivity index (χ1n) is 4.09. The summed E-state index contributed by atoms with van der Waals surface area (Å²) in [6, 6.07) is 6.72. The molecule has 1 aromatic rings. The maximum absolute atomic E-state index is 13.3. The normalized spacial score (nSPS) is 10.8. The maximum Gasteiger partial charge on any atom is 0.147 e. The lowest BCUT2D eigenvalue weighted by Gasteiger charge is -2.19. The van der Waals surface area contributed by atoms with Gasteiger partial charge in [-0.25, -0.2) is 4.39 Å². The first-order valence-corrected chi connectivity index (χ1v) is 4.88. The summed E-state index contributed by atoms with van der Waals surface area (Å²) in [5.74, 6) is -0.372. The minimum atomic E-state index is -0.769. The van der Waals surface area contributed by atoms with E-state index < -0.39 is 5.54 Å². The van der Waals surface area contributed by atoms with Crippen molar-refractivity contribution in [1.29, 1.82) is 5.26 Å². The average Bonchev–Trinajstić information content (AvgIpc) is 2.10. The van der Waals surface area contributed by atoms with Crippen LogP contribution >= 0.6 is 15.9 Å². The second-order valence-corrected chi connectivity index (χ2v) is 4.40. The largest absolute Gasteiger partial charge is 0.365 e. The van der Waals surface area contributed by atoms with Gasteiger partial charge in [-0.05, 0) is 32.0 Å². The van der Waals surface area contributed by atoms with Gasteiger partial charge in [0.2, 0.25) is 0 Å². The van der Waals surface area contributed by atoms with Gasteiger partial charge in [0.15, 0.2) is 0 Å². The van der Waals surface area contributed by atoms with Crippen LogP contribution in [0.5, 0.6) is 0 Å². The fourth-order valence-electron chi connectivity index (χ4n) is 0.955. The zero-order chi connectivity index (χ0) is 10.8. The third kappa shape index (κ3) is 2.71. The quantitative estimate of drug-likeness (QED) is 0.882. The van der Waals surface area contributed by atoms with Crippen molar-refractivity contribution in [2.75, 3.05) is 5.32 Å². The summed E-state index contributed by atoms with van der Waals surface area (Å²) in [6.45, 7) is 3.38. The topological polar surface area (TPSA) is 35.8 Å². The highest BCUT2D eigenvalue weighted by Gasteiger charge is 2.17. The number of nitriles is 1. The summed E-state index contributed by atoms with van der Waals surface area (Å²) < 4.78 is 14.0. The number of hydrogen-bond acceptors (Lipinski definition) is 2. The molecule has 1 aromatic carbocycles. The minimum Gasteiger partial charge on any atom is -0.365 e. The van der Waals surface area contributed by atoms with Crippen molar-refractivity contribution in [3.8, 4) is 6.07 Å². The van der Waals surface area contributed by atoms with Crippen molar-refractivity contribution in [2.45, 2.75) is 19.4 Å². The van der Waals surface area contributed by atoms with E-state index >= 15 is 0 Å². The number of hydrogen-bond donors (Lipinski definition) is 1. The second-order valence-electron chi connectivity index (χ2n) is 3.49. The third-order valence-electron chi connectivity index (χ3n) is 1.66. The molecule has 0 saturated heterocycles. The molecule has 1 N–H and O–H groups in total. The standard InChI is InChI=1S/C10H10BrFN2/c1-10(2,6-13)14-9-4-3-7(11)5-8(9)12/h3-5,14H,1-2H3. The van der Waals surface area contributed by atoms with Crippen molar-refractivity contribution in [1.82, 2.24) is 0 Å². The van der Waals surface area contributed by atoms with Crippen molar-refractivity contribution < 1.29 is 4.39 Å². The van der Waals surface area contributed by atoms with E-state index in [1.807, 2.05) is 6.07 Å². The molecule has 0 fully saturated rings. The predicted octanol–water partition coefficient (Wildman–Crippen LogP) is 3.30. The van der Waals surface area contributed by atoms with Crippen LogP contribution in [0.3, 0.4) is 0 Å². The molecule has 0 heterocycles. The smallest absolute Gasteiger partial charge is 0.147 e. The van der Waals surface area contributed by atoms with Gasteiger partial charge >= 0.3 is 0 Å². The zero-order valence-corrected chi connectivity index (χ0v) is 9.52. The van der Waals surface area contributed by atoms with Crippen LogP contribution in [0.4, 0.5) is 10.1 Å². The molecular formula is C10H10BrFN2. The summed E-state index contributed by atoms with van der Waals surface area (Å²) in [5.41, 5.74) is -0.436. The summed E-state index contributed by atoms with van der Waals surface area (Å²) in [6.07, 6.45) is 0. The molecule has 0 radical (unpaired) electrons. The monoisotopic (exact) mass is 256 g/mol. The van der Waals surface area contributed by atoms with E-state index in [2.05, 4.69) is 21.2 Å². The van der Waals surface area contributed by atoms with Gasteiger partial charge in [-0.3, -0.25) is 0 Å². The first kappa shape index (κ1) is 11.0. The number of nitrogens with zero attached hydrogens (tertiary/aromatic N) is 1. The van der Waals surface area contributed by atoms with Gasteiger partial charge in [0.25, 0.3) is 0 Å². The Hall–Kier alpha value is -1.08. The molecule has 74 valence electrons. The van der Waals surface area contributed by atoms with Gasteiger partial charge < -0.3 is 5.32 Å². The van der Waals surface area contributed by atoms with E-state index in [1.54, 1.807) is 26.0 Å². The van der Waals surface area contributed by atoms with E-state index in [4.69, 9.17) is 5.26 Å². The fraction of sp³-hybridized carbons (Fsp3) is 0.300. The molecule has 0 spiro atoms. The second kappa shape index (κ2) is 3.97. The minimum absolute atomic E-state index is 0.333. The van der Waals surface area contributed by atoms with Crippen LogP contribution in [0.2, 0.25) is 0 Å². The number of nitrogens with one attached hydrogen (secondary N) is 1. The molecule has 0 atom stereocenters. The number of rotatable bonds is 2. The fourth-order valence-corrected chi connectivity index (χ4v) is 1.29. The van der Waals surface area contributed by atoms with Gasteiger partial charge in [0.1, 0.15) is 11.4 Å². The Balaban J connectivity index is 2.94. The van der Waals surface area contributed by atoms with Crippen LogP contribution in [-0.2, 0) is 0 Å². The van der Waals surface area contributed by atoms with E-state index in [9.17, 15) is 4.39 Å². The summed E-state index contributed by atoms with van der Waals surface area (Å²) in [5, 5.41) is 11.6. The summed E-state index contributed by atoms with van der Waals surface area (Å²) >= 11 is 3.16. The SMILES string of the molecule is CC(C)(C#N)Nc1ccc(Br)cc1F. The number of benzene rings is 1. The van der Waals surface area contributed by atoms with Gasteiger partial charge in [0, 0.05) is 4.47 Å². The van der Waals surface area contributed by atoms with Crippen molar-refractivity contribution in [2.24, 2.45) is 0 Å². The first-order chi connectivity index (χ1) is 6.44. The molecule has 0 unspecified atom stereocenters. The summed E-state index contributed by atoms with van der Waals surface area (Å²) in [4.78, 5) is 0. The molecule has 4 heteroatoms. The lowest BCUT2D eigenvalue weighted by Crippen LogP contribution is -2.28. The highest BCUT2D eigenvalue weighted by atomic mass is 79.9. The van der Waals surface area contributed by atoms with Crippen LogP contribution < -0.4 is 5.32 Å². The van der Waals surface area contributed by atoms with E-state index in [-0.39, 0.29) is 5.82 Å².